The molecule has 5 heteroatoms. The fourth-order valence-electron chi connectivity index (χ4n) is 1.97. The number of carboxylic acids is 1. The van der Waals surface area contributed by atoms with Crippen LogP contribution in [0.5, 0.6) is 0 Å². The summed E-state index contributed by atoms with van der Waals surface area (Å²) in [7, 11) is 0. The number of hydrogen-bond acceptors (Lipinski definition) is 2. The molecular weight excluding hydrogens is 240 g/mol. The lowest BCUT2D eigenvalue weighted by Gasteiger charge is -2.00. The van der Waals surface area contributed by atoms with Crippen molar-refractivity contribution in [2.75, 3.05) is 6.54 Å². The van der Waals surface area contributed by atoms with Crippen molar-refractivity contribution < 1.29 is 9.90 Å². The van der Waals surface area contributed by atoms with E-state index < -0.39 is 5.97 Å². The van der Waals surface area contributed by atoms with E-state index in [-0.39, 0.29) is 6.54 Å². The molecule has 2 rings (SSSR count). The maximum absolute atomic E-state index is 10.8. The molecule has 0 saturated carbocycles. The molecule has 0 radical (unpaired) electrons. The predicted molar refractivity (Wildman–Crippen MR) is 67.3 cm³/mol. The molecule has 0 aliphatic carbocycles. The van der Waals surface area contributed by atoms with Crippen molar-refractivity contribution in [2.24, 2.45) is 5.73 Å². The van der Waals surface area contributed by atoms with Gasteiger partial charge in [0.25, 0.3) is 0 Å². The number of nitrogens with two attached hydrogens (primary N) is 1. The van der Waals surface area contributed by atoms with E-state index in [0.717, 1.165) is 22.9 Å². The minimum Gasteiger partial charge on any atom is -0.480 e. The van der Waals surface area contributed by atoms with E-state index >= 15 is 0 Å². The van der Waals surface area contributed by atoms with Crippen LogP contribution in [0.1, 0.15) is 5.56 Å². The van der Waals surface area contributed by atoms with Crippen LogP contribution in [0.4, 0.5) is 0 Å². The van der Waals surface area contributed by atoms with Crippen molar-refractivity contribution in [3.05, 3.63) is 35.0 Å². The van der Waals surface area contributed by atoms with Gasteiger partial charge in [-0.2, -0.15) is 0 Å². The molecule has 90 valence electrons. The summed E-state index contributed by atoms with van der Waals surface area (Å²) in [6.07, 6.45) is 2.56. The molecule has 1 aromatic heterocycles. The predicted octanol–water partition coefficient (Wildman–Crippen LogP) is 1.88. The van der Waals surface area contributed by atoms with Crippen LogP contribution in [0.15, 0.2) is 24.4 Å². The SMILES string of the molecule is NCCc1cn(CC(=O)O)c2cc(Cl)ccc12. The molecule has 1 heterocycles. The Morgan fingerprint density at radius 2 is 2.24 bits per heavy atom. The summed E-state index contributed by atoms with van der Waals surface area (Å²) in [5, 5.41) is 10.5. The van der Waals surface area contributed by atoms with Gasteiger partial charge in [-0.1, -0.05) is 17.7 Å². The van der Waals surface area contributed by atoms with E-state index in [1.807, 2.05) is 12.3 Å². The van der Waals surface area contributed by atoms with Gasteiger partial charge in [-0.15, -0.1) is 0 Å². The number of carbonyl (C=O) groups is 1. The van der Waals surface area contributed by atoms with Gasteiger partial charge >= 0.3 is 5.97 Å². The van der Waals surface area contributed by atoms with Gasteiger partial charge in [0.2, 0.25) is 0 Å². The van der Waals surface area contributed by atoms with Gasteiger partial charge < -0.3 is 15.4 Å². The quantitative estimate of drug-likeness (QED) is 0.873. The van der Waals surface area contributed by atoms with Gasteiger partial charge in [-0.25, -0.2) is 0 Å². The van der Waals surface area contributed by atoms with Crippen LogP contribution in [-0.2, 0) is 17.8 Å². The number of carboxylic acid groups (broad SMARTS) is 1. The molecule has 0 unspecified atom stereocenters. The maximum atomic E-state index is 10.8. The highest BCUT2D eigenvalue weighted by Crippen LogP contribution is 2.25. The van der Waals surface area contributed by atoms with Crippen LogP contribution in [0, 0.1) is 0 Å². The Morgan fingerprint density at radius 1 is 1.47 bits per heavy atom. The van der Waals surface area contributed by atoms with Crippen LogP contribution in [0.2, 0.25) is 5.02 Å². The van der Waals surface area contributed by atoms with Crippen molar-refractivity contribution in [1.82, 2.24) is 4.57 Å². The number of fused-ring (bicyclic) bond motifs is 1. The van der Waals surface area contributed by atoms with Crippen molar-refractivity contribution in [2.45, 2.75) is 13.0 Å². The Morgan fingerprint density at radius 3 is 2.88 bits per heavy atom. The van der Waals surface area contributed by atoms with Crippen molar-refractivity contribution in [1.29, 1.82) is 0 Å². The van der Waals surface area contributed by atoms with E-state index in [1.54, 1.807) is 16.7 Å². The summed E-state index contributed by atoms with van der Waals surface area (Å²) in [5.41, 5.74) is 7.43. The van der Waals surface area contributed by atoms with E-state index in [0.29, 0.717) is 11.6 Å². The summed E-state index contributed by atoms with van der Waals surface area (Å²) in [6.45, 7) is 0.468. The van der Waals surface area contributed by atoms with E-state index in [1.165, 1.54) is 0 Å². The zero-order valence-corrected chi connectivity index (χ0v) is 9.94. The Kier molecular flexibility index (Phi) is 3.36. The highest BCUT2D eigenvalue weighted by atomic mass is 35.5. The molecule has 0 saturated heterocycles. The summed E-state index contributed by atoms with van der Waals surface area (Å²) in [5.74, 6) is -0.874. The zero-order chi connectivity index (χ0) is 12.4. The van der Waals surface area contributed by atoms with Crippen molar-refractivity contribution in [3.63, 3.8) is 0 Å². The van der Waals surface area contributed by atoms with Gasteiger partial charge in [0, 0.05) is 16.6 Å². The second kappa shape index (κ2) is 4.77. The third-order valence-corrected chi connectivity index (χ3v) is 2.88. The molecule has 0 amide bonds. The Labute approximate surface area is 104 Å². The minimum atomic E-state index is -0.874. The van der Waals surface area contributed by atoms with Crippen LogP contribution in [-0.4, -0.2) is 22.2 Å². The molecule has 0 atom stereocenters. The third kappa shape index (κ3) is 2.43. The van der Waals surface area contributed by atoms with Crippen molar-refractivity contribution in [3.8, 4) is 0 Å². The molecule has 0 spiro atoms. The number of halogens is 1. The average molecular weight is 253 g/mol. The fourth-order valence-corrected chi connectivity index (χ4v) is 2.14. The lowest BCUT2D eigenvalue weighted by Crippen LogP contribution is -2.07. The molecule has 0 aliphatic heterocycles. The first kappa shape index (κ1) is 12.0. The van der Waals surface area contributed by atoms with Gasteiger partial charge in [0.1, 0.15) is 6.54 Å². The van der Waals surface area contributed by atoms with Crippen LogP contribution in [0.25, 0.3) is 10.9 Å². The molecule has 0 fully saturated rings. The first-order chi connectivity index (χ1) is 8.11. The summed E-state index contributed by atoms with van der Waals surface area (Å²) >= 11 is 5.93. The number of rotatable bonds is 4. The van der Waals surface area contributed by atoms with Crippen LogP contribution < -0.4 is 5.73 Å². The van der Waals surface area contributed by atoms with Gasteiger partial charge in [0.05, 0.1) is 5.52 Å². The Hall–Kier alpha value is -1.52. The van der Waals surface area contributed by atoms with Crippen molar-refractivity contribution >= 4 is 28.5 Å². The summed E-state index contributed by atoms with van der Waals surface area (Å²) in [6, 6.07) is 5.48. The topological polar surface area (TPSA) is 68.2 Å². The lowest BCUT2D eigenvalue weighted by molar-refractivity contribution is -0.137. The average Bonchev–Trinajstić information content (AvgIpc) is 2.56. The second-order valence-corrected chi connectivity index (χ2v) is 4.31. The molecule has 0 bridgehead atoms. The first-order valence-electron chi connectivity index (χ1n) is 5.31. The summed E-state index contributed by atoms with van der Waals surface area (Å²) in [4.78, 5) is 10.8. The smallest absolute Gasteiger partial charge is 0.323 e. The molecule has 4 nitrogen and oxygen atoms in total. The third-order valence-electron chi connectivity index (χ3n) is 2.65. The van der Waals surface area contributed by atoms with E-state index in [2.05, 4.69) is 0 Å². The molecule has 0 aliphatic rings. The largest absolute Gasteiger partial charge is 0.480 e. The van der Waals surface area contributed by atoms with Gasteiger partial charge in [0.15, 0.2) is 0 Å². The number of aliphatic carboxylic acids is 1. The maximum Gasteiger partial charge on any atom is 0.323 e. The van der Waals surface area contributed by atoms with Crippen LogP contribution in [0.3, 0.4) is 0 Å². The Balaban J connectivity index is 2.57. The van der Waals surface area contributed by atoms with Gasteiger partial charge in [-0.05, 0) is 30.7 Å². The number of aromatic nitrogens is 1. The molecular formula is C12H13ClN2O2. The second-order valence-electron chi connectivity index (χ2n) is 3.88. The zero-order valence-electron chi connectivity index (χ0n) is 9.19. The lowest BCUT2D eigenvalue weighted by atomic mass is 10.1. The minimum absolute atomic E-state index is 0.0680. The fraction of sp³-hybridized carbons (Fsp3) is 0.250. The molecule has 3 N–H and O–H groups in total. The molecule has 17 heavy (non-hydrogen) atoms. The summed E-state index contributed by atoms with van der Waals surface area (Å²) < 4.78 is 1.69. The Bertz CT molecular complexity index is 563. The highest BCUT2D eigenvalue weighted by Gasteiger charge is 2.10. The standard InChI is InChI=1S/C12H13ClN2O2/c13-9-1-2-10-8(3-4-14)6-15(7-12(16)17)11(10)5-9/h1-2,5-6H,3-4,7,14H2,(H,16,17). The normalized spacial score (nSPS) is 10.9. The number of benzene rings is 1. The number of hydrogen-bond donors (Lipinski definition) is 2. The van der Waals surface area contributed by atoms with Gasteiger partial charge in [-0.3, -0.25) is 4.79 Å². The van der Waals surface area contributed by atoms with E-state index in [9.17, 15) is 4.79 Å². The van der Waals surface area contributed by atoms with Crippen LogP contribution >= 0.6 is 11.6 Å². The first-order valence-corrected chi connectivity index (χ1v) is 5.68. The monoisotopic (exact) mass is 252 g/mol. The highest BCUT2D eigenvalue weighted by molar-refractivity contribution is 6.31. The number of nitrogens with zero attached hydrogens (tertiary/aromatic N) is 1. The molecule has 2 aromatic rings. The van der Waals surface area contributed by atoms with E-state index in [4.69, 9.17) is 22.4 Å². The molecule has 1 aromatic carbocycles.